The molecular formula is C14H23N3O6S2. The largest absolute Gasteiger partial charge is 0.480 e. The highest BCUT2D eigenvalue weighted by atomic mass is 32.2. The SMILES string of the molecule is CCS(=O)(=O)N1CCC(N(CC(=O)O)C(=O)CN2CSCC2=O)CC1. The number of carboxylic acids is 1. The number of carboxylic acid groups (broad SMARTS) is 1. The molecule has 0 saturated carbocycles. The van der Waals surface area contributed by atoms with Crippen LogP contribution in [0.1, 0.15) is 19.8 Å². The molecule has 2 fully saturated rings. The van der Waals surface area contributed by atoms with Crippen LogP contribution in [0.2, 0.25) is 0 Å². The lowest BCUT2D eigenvalue weighted by molar-refractivity contribution is -0.148. The Morgan fingerprint density at radius 2 is 1.96 bits per heavy atom. The molecule has 25 heavy (non-hydrogen) atoms. The summed E-state index contributed by atoms with van der Waals surface area (Å²) in [5.41, 5.74) is 0. The molecule has 2 aliphatic heterocycles. The number of thioether (sulfide) groups is 1. The van der Waals surface area contributed by atoms with Gasteiger partial charge in [-0.25, -0.2) is 12.7 Å². The summed E-state index contributed by atoms with van der Waals surface area (Å²) in [6.45, 7) is 1.53. The smallest absolute Gasteiger partial charge is 0.323 e. The van der Waals surface area contributed by atoms with E-state index in [-0.39, 0.29) is 37.3 Å². The third kappa shape index (κ3) is 5.08. The van der Waals surface area contributed by atoms with E-state index in [4.69, 9.17) is 5.11 Å². The summed E-state index contributed by atoms with van der Waals surface area (Å²) in [5.74, 6) is -0.880. The molecule has 11 heteroatoms. The first-order chi connectivity index (χ1) is 11.7. The predicted octanol–water partition coefficient (Wildman–Crippen LogP) is -0.753. The van der Waals surface area contributed by atoms with E-state index in [2.05, 4.69) is 0 Å². The van der Waals surface area contributed by atoms with Gasteiger partial charge < -0.3 is 14.9 Å². The molecule has 2 rings (SSSR count). The second-order valence-corrected chi connectivity index (χ2v) is 9.23. The summed E-state index contributed by atoms with van der Waals surface area (Å²) in [4.78, 5) is 38.0. The summed E-state index contributed by atoms with van der Waals surface area (Å²) in [6.07, 6.45) is 0.780. The number of rotatable bonds is 7. The molecule has 0 bridgehead atoms. The third-order valence-electron chi connectivity index (χ3n) is 4.40. The summed E-state index contributed by atoms with van der Waals surface area (Å²) >= 11 is 1.41. The van der Waals surface area contributed by atoms with Gasteiger partial charge in [-0.05, 0) is 19.8 Å². The summed E-state index contributed by atoms with van der Waals surface area (Å²) in [5, 5.41) is 9.11. The molecule has 2 amide bonds. The minimum absolute atomic E-state index is 0.0180. The molecule has 9 nitrogen and oxygen atoms in total. The lowest BCUT2D eigenvalue weighted by Gasteiger charge is -2.37. The van der Waals surface area contributed by atoms with Gasteiger partial charge >= 0.3 is 5.97 Å². The topological polar surface area (TPSA) is 115 Å². The highest BCUT2D eigenvalue weighted by Crippen LogP contribution is 2.21. The van der Waals surface area contributed by atoms with Crippen molar-refractivity contribution in [2.24, 2.45) is 0 Å². The van der Waals surface area contributed by atoms with Gasteiger partial charge in [-0.15, -0.1) is 11.8 Å². The Morgan fingerprint density at radius 1 is 1.32 bits per heavy atom. The average molecular weight is 393 g/mol. The van der Waals surface area contributed by atoms with Crippen LogP contribution in [-0.4, -0.2) is 95.0 Å². The maximum Gasteiger partial charge on any atom is 0.323 e. The van der Waals surface area contributed by atoms with Crippen LogP contribution in [-0.2, 0) is 24.4 Å². The maximum absolute atomic E-state index is 12.5. The van der Waals surface area contributed by atoms with Crippen LogP contribution in [0.15, 0.2) is 0 Å². The van der Waals surface area contributed by atoms with Crippen molar-refractivity contribution >= 4 is 39.6 Å². The molecule has 142 valence electrons. The first-order valence-electron chi connectivity index (χ1n) is 8.09. The lowest BCUT2D eigenvalue weighted by Crippen LogP contribution is -2.52. The third-order valence-corrected chi connectivity index (χ3v) is 7.23. The van der Waals surface area contributed by atoms with Crippen molar-refractivity contribution in [3.8, 4) is 0 Å². The number of carbonyl (C=O) groups excluding carboxylic acids is 2. The van der Waals surface area contributed by atoms with Crippen LogP contribution in [0, 0.1) is 0 Å². The second-order valence-electron chi connectivity index (χ2n) is 6.02. The van der Waals surface area contributed by atoms with E-state index >= 15 is 0 Å². The number of piperidine rings is 1. The van der Waals surface area contributed by atoms with E-state index in [1.807, 2.05) is 0 Å². The number of hydrogen-bond acceptors (Lipinski definition) is 6. The lowest BCUT2D eigenvalue weighted by atomic mass is 10.0. The fraction of sp³-hybridized carbons (Fsp3) is 0.786. The molecular weight excluding hydrogens is 370 g/mol. The zero-order chi connectivity index (χ0) is 18.6. The Kier molecular flexibility index (Phi) is 6.69. The Morgan fingerprint density at radius 3 is 2.44 bits per heavy atom. The van der Waals surface area contributed by atoms with Crippen molar-refractivity contribution in [2.45, 2.75) is 25.8 Å². The molecule has 2 heterocycles. The van der Waals surface area contributed by atoms with Crippen LogP contribution in [0.4, 0.5) is 0 Å². The van der Waals surface area contributed by atoms with E-state index in [1.54, 1.807) is 6.92 Å². The van der Waals surface area contributed by atoms with E-state index in [1.165, 1.54) is 25.9 Å². The van der Waals surface area contributed by atoms with Gasteiger partial charge in [-0.3, -0.25) is 14.4 Å². The van der Waals surface area contributed by atoms with E-state index < -0.39 is 28.4 Å². The minimum atomic E-state index is -3.28. The normalized spacial score (nSPS) is 20.0. The monoisotopic (exact) mass is 393 g/mol. The zero-order valence-corrected chi connectivity index (χ0v) is 15.7. The maximum atomic E-state index is 12.5. The van der Waals surface area contributed by atoms with Crippen molar-refractivity contribution in [3.05, 3.63) is 0 Å². The van der Waals surface area contributed by atoms with Crippen LogP contribution in [0.3, 0.4) is 0 Å². The number of nitrogens with zero attached hydrogens (tertiary/aromatic N) is 3. The fourth-order valence-corrected chi connectivity index (χ4v) is 5.01. The zero-order valence-electron chi connectivity index (χ0n) is 14.1. The highest BCUT2D eigenvalue weighted by molar-refractivity contribution is 8.00. The fourth-order valence-electron chi connectivity index (χ4n) is 2.98. The second kappa shape index (κ2) is 8.37. The molecule has 0 aromatic rings. The van der Waals surface area contributed by atoms with Crippen molar-refractivity contribution in [1.82, 2.24) is 14.1 Å². The Balaban J connectivity index is 2.01. The minimum Gasteiger partial charge on any atom is -0.480 e. The molecule has 0 unspecified atom stereocenters. The van der Waals surface area contributed by atoms with Crippen molar-refractivity contribution in [1.29, 1.82) is 0 Å². The van der Waals surface area contributed by atoms with Crippen molar-refractivity contribution in [2.75, 3.05) is 43.6 Å². The molecule has 2 saturated heterocycles. The van der Waals surface area contributed by atoms with Crippen LogP contribution < -0.4 is 0 Å². The number of aliphatic carboxylic acids is 1. The van der Waals surface area contributed by atoms with Gasteiger partial charge in [0.25, 0.3) is 0 Å². The number of hydrogen-bond donors (Lipinski definition) is 1. The summed E-state index contributed by atoms with van der Waals surface area (Å²) in [6, 6.07) is -0.336. The molecule has 0 atom stereocenters. The summed E-state index contributed by atoms with van der Waals surface area (Å²) in [7, 11) is -3.28. The Hall–Kier alpha value is -1.33. The number of amides is 2. The van der Waals surface area contributed by atoms with Gasteiger partial charge in [-0.2, -0.15) is 0 Å². The van der Waals surface area contributed by atoms with E-state index in [0.717, 1.165) is 0 Å². The molecule has 0 aliphatic carbocycles. The van der Waals surface area contributed by atoms with E-state index in [9.17, 15) is 22.8 Å². The van der Waals surface area contributed by atoms with Crippen molar-refractivity contribution < 1.29 is 27.9 Å². The molecule has 0 aromatic carbocycles. The van der Waals surface area contributed by atoms with Crippen LogP contribution in [0.25, 0.3) is 0 Å². The highest BCUT2D eigenvalue weighted by Gasteiger charge is 2.34. The van der Waals surface area contributed by atoms with Gasteiger partial charge in [0.2, 0.25) is 21.8 Å². The predicted molar refractivity (Wildman–Crippen MR) is 92.4 cm³/mol. The van der Waals surface area contributed by atoms with Gasteiger partial charge in [-0.1, -0.05) is 0 Å². The van der Waals surface area contributed by atoms with Gasteiger partial charge in [0, 0.05) is 19.1 Å². The Labute approximate surface area is 151 Å². The van der Waals surface area contributed by atoms with E-state index in [0.29, 0.717) is 24.5 Å². The van der Waals surface area contributed by atoms with Crippen LogP contribution >= 0.6 is 11.8 Å². The first kappa shape index (κ1) is 20.0. The van der Waals surface area contributed by atoms with Gasteiger partial charge in [0.1, 0.15) is 13.1 Å². The molecule has 2 aliphatic rings. The number of sulfonamides is 1. The van der Waals surface area contributed by atoms with Crippen LogP contribution in [0.5, 0.6) is 0 Å². The Bertz CT molecular complexity index is 630. The molecule has 0 spiro atoms. The first-order valence-corrected chi connectivity index (χ1v) is 10.9. The quantitative estimate of drug-likeness (QED) is 0.605. The van der Waals surface area contributed by atoms with Gasteiger partial charge in [0.05, 0.1) is 17.4 Å². The summed E-state index contributed by atoms with van der Waals surface area (Å²) < 4.78 is 25.2. The molecule has 1 N–H and O–H groups in total. The molecule has 0 aromatic heterocycles. The standard InChI is InChI=1S/C14H23N3O6S2/c1-2-25(22,23)16-5-3-11(4-6-16)17(8-14(20)21)12(18)7-15-10-24-9-13(15)19/h11H,2-10H2,1H3,(H,20,21). The van der Waals surface area contributed by atoms with Gasteiger partial charge in [0.15, 0.2) is 0 Å². The number of carbonyl (C=O) groups is 3. The molecule has 0 radical (unpaired) electrons. The van der Waals surface area contributed by atoms with Crippen molar-refractivity contribution in [3.63, 3.8) is 0 Å². The average Bonchev–Trinajstić information content (AvgIpc) is 2.97.